The summed E-state index contributed by atoms with van der Waals surface area (Å²) in [6.45, 7) is 0. The van der Waals surface area contributed by atoms with E-state index in [0.717, 1.165) is 5.69 Å². The highest BCUT2D eigenvalue weighted by atomic mass is 16.3. The largest absolute Gasteiger partial charge is 0.508 e. The summed E-state index contributed by atoms with van der Waals surface area (Å²) in [6, 6.07) is 8.49. The van der Waals surface area contributed by atoms with E-state index in [1.54, 1.807) is 36.0 Å². The maximum Gasteiger partial charge on any atom is 0.150 e. The Bertz CT molecular complexity index is 478. The van der Waals surface area contributed by atoms with E-state index >= 15 is 0 Å². The first kappa shape index (κ1) is 9.39. The van der Waals surface area contributed by atoms with Gasteiger partial charge in [-0.3, -0.25) is 0 Å². The summed E-state index contributed by atoms with van der Waals surface area (Å²) in [5.41, 5.74) is 6.51. The third-order valence-electron chi connectivity index (χ3n) is 2.07. The van der Waals surface area contributed by atoms with Gasteiger partial charge in [-0.05, 0) is 12.1 Å². The molecule has 5 heteroatoms. The Labute approximate surface area is 87.1 Å². The van der Waals surface area contributed by atoms with Gasteiger partial charge >= 0.3 is 0 Å². The van der Waals surface area contributed by atoms with E-state index in [1.807, 2.05) is 6.07 Å². The van der Waals surface area contributed by atoms with Crippen molar-refractivity contribution in [2.75, 3.05) is 18.1 Å². The molecule has 2 rings (SSSR count). The standard InChI is InChI=1S/C10H12N4O/c1-12-10-6-9(11)14(13-10)7-3-2-4-8(15)5-7/h2-6,15H,11H2,1H3,(H,12,13). The number of nitrogens with zero attached hydrogens (tertiary/aromatic N) is 2. The molecular formula is C10H12N4O. The molecule has 0 bridgehead atoms. The van der Waals surface area contributed by atoms with Gasteiger partial charge in [-0.1, -0.05) is 6.07 Å². The second-order valence-electron chi connectivity index (χ2n) is 3.14. The van der Waals surface area contributed by atoms with Crippen LogP contribution in [0.1, 0.15) is 0 Å². The van der Waals surface area contributed by atoms with Crippen molar-refractivity contribution in [3.05, 3.63) is 30.3 Å². The number of aromatic hydroxyl groups is 1. The summed E-state index contributed by atoms with van der Waals surface area (Å²) in [5, 5.41) is 16.4. The highest BCUT2D eigenvalue weighted by molar-refractivity contribution is 5.51. The van der Waals surface area contributed by atoms with Crippen LogP contribution in [-0.2, 0) is 0 Å². The van der Waals surface area contributed by atoms with Crippen LogP contribution in [0.15, 0.2) is 30.3 Å². The molecule has 15 heavy (non-hydrogen) atoms. The van der Waals surface area contributed by atoms with Crippen molar-refractivity contribution >= 4 is 11.6 Å². The number of nitrogen functional groups attached to an aromatic ring is 1. The fraction of sp³-hybridized carbons (Fsp3) is 0.100. The summed E-state index contributed by atoms with van der Waals surface area (Å²) in [7, 11) is 1.77. The second-order valence-corrected chi connectivity index (χ2v) is 3.14. The average Bonchev–Trinajstić information content (AvgIpc) is 2.60. The highest BCUT2D eigenvalue weighted by Crippen LogP contribution is 2.19. The molecule has 0 fully saturated rings. The molecule has 2 aromatic rings. The van der Waals surface area contributed by atoms with Crippen LogP contribution in [0.2, 0.25) is 0 Å². The summed E-state index contributed by atoms with van der Waals surface area (Å²) in [5.74, 6) is 1.40. The average molecular weight is 204 g/mol. The second kappa shape index (κ2) is 3.53. The van der Waals surface area contributed by atoms with Crippen LogP contribution in [0.25, 0.3) is 5.69 Å². The molecule has 1 aromatic carbocycles. The fourth-order valence-electron chi connectivity index (χ4n) is 1.35. The van der Waals surface area contributed by atoms with Gasteiger partial charge in [0.2, 0.25) is 0 Å². The number of benzene rings is 1. The van der Waals surface area contributed by atoms with Crippen LogP contribution in [0.3, 0.4) is 0 Å². The molecule has 0 saturated heterocycles. The number of phenolic OH excluding ortho intramolecular Hbond substituents is 1. The van der Waals surface area contributed by atoms with Gasteiger partial charge in [0, 0.05) is 19.2 Å². The summed E-state index contributed by atoms with van der Waals surface area (Å²) in [4.78, 5) is 0. The molecule has 4 N–H and O–H groups in total. The maximum absolute atomic E-state index is 9.33. The van der Waals surface area contributed by atoms with Gasteiger partial charge in [-0.15, -0.1) is 5.10 Å². The van der Waals surface area contributed by atoms with E-state index in [9.17, 15) is 5.11 Å². The minimum atomic E-state index is 0.188. The van der Waals surface area contributed by atoms with E-state index < -0.39 is 0 Å². The van der Waals surface area contributed by atoms with Crippen molar-refractivity contribution < 1.29 is 5.11 Å². The fourth-order valence-corrected chi connectivity index (χ4v) is 1.35. The zero-order valence-corrected chi connectivity index (χ0v) is 8.31. The van der Waals surface area contributed by atoms with Gasteiger partial charge < -0.3 is 16.2 Å². The van der Waals surface area contributed by atoms with E-state index in [4.69, 9.17) is 5.73 Å². The van der Waals surface area contributed by atoms with Crippen molar-refractivity contribution in [1.82, 2.24) is 9.78 Å². The lowest BCUT2D eigenvalue weighted by Crippen LogP contribution is -2.01. The van der Waals surface area contributed by atoms with Crippen LogP contribution >= 0.6 is 0 Å². The van der Waals surface area contributed by atoms with Gasteiger partial charge in [0.15, 0.2) is 0 Å². The molecule has 0 radical (unpaired) electrons. The Morgan fingerprint density at radius 3 is 2.80 bits per heavy atom. The van der Waals surface area contributed by atoms with Gasteiger partial charge in [-0.2, -0.15) is 0 Å². The molecule has 0 aliphatic heterocycles. The smallest absolute Gasteiger partial charge is 0.150 e. The van der Waals surface area contributed by atoms with Gasteiger partial charge in [0.1, 0.15) is 17.4 Å². The predicted molar refractivity (Wildman–Crippen MR) is 59.2 cm³/mol. The van der Waals surface area contributed by atoms with E-state index in [0.29, 0.717) is 11.6 Å². The lowest BCUT2D eigenvalue weighted by atomic mass is 10.3. The molecule has 78 valence electrons. The summed E-state index contributed by atoms with van der Waals surface area (Å²) >= 11 is 0. The third-order valence-corrected chi connectivity index (χ3v) is 2.07. The molecule has 0 spiro atoms. The molecule has 0 aliphatic rings. The molecular weight excluding hydrogens is 192 g/mol. The highest BCUT2D eigenvalue weighted by Gasteiger charge is 2.05. The molecule has 0 unspecified atom stereocenters. The Morgan fingerprint density at radius 2 is 2.20 bits per heavy atom. The molecule has 0 amide bonds. The number of nitrogens with two attached hydrogens (primary N) is 1. The summed E-state index contributed by atoms with van der Waals surface area (Å²) in [6.07, 6.45) is 0. The Kier molecular flexibility index (Phi) is 2.21. The zero-order valence-electron chi connectivity index (χ0n) is 8.31. The summed E-state index contributed by atoms with van der Waals surface area (Å²) < 4.78 is 1.56. The van der Waals surface area contributed by atoms with Crippen LogP contribution in [0.4, 0.5) is 11.6 Å². The lowest BCUT2D eigenvalue weighted by Gasteiger charge is -2.03. The molecule has 1 heterocycles. The first-order valence-corrected chi connectivity index (χ1v) is 4.53. The molecule has 0 saturated carbocycles. The topological polar surface area (TPSA) is 76.1 Å². The van der Waals surface area contributed by atoms with Gasteiger partial charge in [0.05, 0.1) is 5.69 Å². The molecule has 1 aromatic heterocycles. The van der Waals surface area contributed by atoms with E-state index in [2.05, 4.69) is 10.4 Å². The monoisotopic (exact) mass is 204 g/mol. The number of hydrogen-bond acceptors (Lipinski definition) is 4. The first-order valence-electron chi connectivity index (χ1n) is 4.53. The number of anilines is 2. The van der Waals surface area contributed by atoms with Crippen LogP contribution in [0, 0.1) is 0 Å². The van der Waals surface area contributed by atoms with Crippen molar-refractivity contribution in [3.63, 3.8) is 0 Å². The Hall–Kier alpha value is -2.17. The van der Waals surface area contributed by atoms with E-state index in [-0.39, 0.29) is 5.75 Å². The van der Waals surface area contributed by atoms with E-state index in [1.165, 1.54) is 0 Å². The minimum Gasteiger partial charge on any atom is -0.508 e. The first-order chi connectivity index (χ1) is 7.20. The van der Waals surface area contributed by atoms with Gasteiger partial charge in [0.25, 0.3) is 0 Å². The molecule has 5 nitrogen and oxygen atoms in total. The van der Waals surface area contributed by atoms with Crippen molar-refractivity contribution in [1.29, 1.82) is 0 Å². The quantitative estimate of drug-likeness (QED) is 0.687. The van der Waals surface area contributed by atoms with Crippen molar-refractivity contribution in [3.8, 4) is 11.4 Å². The zero-order chi connectivity index (χ0) is 10.8. The molecule has 0 atom stereocenters. The number of phenols is 1. The normalized spacial score (nSPS) is 10.2. The minimum absolute atomic E-state index is 0.188. The number of aromatic nitrogens is 2. The maximum atomic E-state index is 9.33. The van der Waals surface area contributed by atoms with Gasteiger partial charge in [-0.25, -0.2) is 4.68 Å². The SMILES string of the molecule is CNc1cc(N)n(-c2cccc(O)c2)n1. The van der Waals surface area contributed by atoms with Crippen LogP contribution in [-0.4, -0.2) is 21.9 Å². The van der Waals surface area contributed by atoms with Crippen LogP contribution in [0.5, 0.6) is 5.75 Å². The molecule has 0 aliphatic carbocycles. The van der Waals surface area contributed by atoms with Crippen molar-refractivity contribution in [2.24, 2.45) is 0 Å². The van der Waals surface area contributed by atoms with Crippen LogP contribution < -0.4 is 11.1 Å². The Morgan fingerprint density at radius 1 is 1.40 bits per heavy atom. The lowest BCUT2D eigenvalue weighted by molar-refractivity contribution is 0.475. The Balaban J connectivity index is 2.48. The van der Waals surface area contributed by atoms with Crippen molar-refractivity contribution in [2.45, 2.75) is 0 Å². The third kappa shape index (κ3) is 1.71. The number of rotatable bonds is 2. The number of hydrogen-bond donors (Lipinski definition) is 3. The number of nitrogens with one attached hydrogen (secondary N) is 1. The predicted octanol–water partition coefficient (Wildman–Crippen LogP) is 1.20.